The highest BCUT2D eigenvalue weighted by molar-refractivity contribution is 7.21. The first-order chi connectivity index (χ1) is 8.24. The normalized spacial score (nSPS) is 10.9. The Labute approximate surface area is 105 Å². The first-order valence-corrected chi connectivity index (χ1v) is 6.49. The van der Waals surface area contributed by atoms with E-state index in [1.54, 1.807) is 11.3 Å². The fourth-order valence-electron chi connectivity index (χ4n) is 2.08. The summed E-state index contributed by atoms with van der Waals surface area (Å²) in [4.78, 5) is 4.72. The fourth-order valence-corrected chi connectivity index (χ4v) is 3.10. The van der Waals surface area contributed by atoms with E-state index in [4.69, 9.17) is 4.98 Å². The zero-order chi connectivity index (χ0) is 11.8. The second-order valence-corrected chi connectivity index (χ2v) is 5.31. The molecule has 0 saturated heterocycles. The molecule has 0 atom stereocenters. The summed E-state index contributed by atoms with van der Waals surface area (Å²) in [5.41, 5.74) is 4.91. The SMILES string of the molecule is Cc1cc(C)c2sc(-c3ccccc3)nc2c1. The maximum atomic E-state index is 4.72. The van der Waals surface area contributed by atoms with Crippen molar-refractivity contribution < 1.29 is 0 Å². The summed E-state index contributed by atoms with van der Waals surface area (Å²) >= 11 is 1.77. The maximum absolute atomic E-state index is 4.72. The third kappa shape index (κ3) is 1.85. The van der Waals surface area contributed by atoms with Crippen LogP contribution in [0.5, 0.6) is 0 Å². The second kappa shape index (κ2) is 3.97. The highest BCUT2D eigenvalue weighted by Crippen LogP contribution is 2.32. The van der Waals surface area contributed by atoms with Crippen molar-refractivity contribution in [3.8, 4) is 10.6 Å². The van der Waals surface area contributed by atoms with Crippen LogP contribution < -0.4 is 0 Å². The second-order valence-electron chi connectivity index (χ2n) is 4.32. The quantitative estimate of drug-likeness (QED) is 0.605. The molecule has 2 heteroatoms. The van der Waals surface area contributed by atoms with Gasteiger partial charge in [0, 0.05) is 5.56 Å². The van der Waals surface area contributed by atoms with Crippen molar-refractivity contribution in [3.05, 3.63) is 53.6 Å². The van der Waals surface area contributed by atoms with Gasteiger partial charge < -0.3 is 0 Å². The van der Waals surface area contributed by atoms with Gasteiger partial charge in [0.05, 0.1) is 10.2 Å². The first-order valence-electron chi connectivity index (χ1n) is 5.67. The molecule has 17 heavy (non-hydrogen) atoms. The van der Waals surface area contributed by atoms with Gasteiger partial charge in [0.15, 0.2) is 0 Å². The fraction of sp³-hybridized carbons (Fsp3) is 0.133. The van der Waals surface area contributed by atoms with Crippen LogP contribution >= 0.6 is 11.3 Å². The third-order valence-electron chi connectivity index (χ3n) is 2.84. The predicted molar refractivity (Wildman–Crippen MR) is 74.5 cm³/mol. The van der Waals surface area contributed by atoms with Crippen molar-refractivity contribution in [2.75, 3.05) is 0 Å². The molecule has 0 spiro atoms. The molecule has 2 aromatic carbocycles. The Morgan fingerprint density at radius 2 is 1.76 bits per heavy atom. The van der Waals surface area contributed by atoms with Crippen LogP contribution in [0.2, 0.25) is 0 Å². The first kappa shape index (κ1) is 10.5. The minimum atomic E-state index is 1.11. The van der Waals surface area contributed by atoms with Gasteiger partial charge in [-0.15, -0.1) is 11.3 Å². The van der Waals surface area contributed by atoms with E-state index in [9.17, 15) is 0 Å². The van der Waals surface area contributed by atoms with Gasteiger partial charge in [0.25, 0.3) is 0 Å². The molecular formula is C15H13NS. The minimum absolute atomic E-state index is 1.11. The van der Waals surface area contributed by atoms with Gasteiger partial charge in [-0.25, -0.2) is 4.98 Å². The monoisotopic (exact) mass is 239 g/mol. The van der Waals surface area contributed by atoms with E-state index in [1.165, 1.54) is 21.4 Å². The number of aromatic nitrogens is 1. The standard InChI is InChI=1S/C15H13NS/c1-10-8-11(2)14-13(9-10)16-15(17-14)12-6-4-3-5-7-12/h3-9H,1-2H3. The van der Waals surface area contributed by atoms with Gasteiger partial charge >= 0.3 is 0 Å². The predicted octanol–water partition coefficient (Wildman–Crippen LogP) is 4.58. The number of fused-ring (bicyclic) bond motifs is 1. The lowest BCUT2D eigenvalue weighted by molar-refractivity contribution is 1.40. The van der Waals surface area contributed by atoms with Crippen LogP contribution in [0.1, 0.15) is 11.1 Å². The van der Waals surface area contributed by atoms with E-state index >= 15 is 0 Å². The van der Waals surface area contributed by atoms with Gasteiger partial charge in [-0.05, 0) is 31.0 Å². The van der Waals surface area contributed by atoms with Crippen LogP contribution in [0.4, 0.5) is 0 Å². The Bertz CT molecular complexity index is 668. The number of benzene rings is 2. The summed E-state index contributed by atoms with van der Waals surface area (Å²) in [6, 6.07) is 14.7. The maximum Gasteiger partial charge on any atom is 0.124 e. The molecule has 0 aliphatic heterocycles. The number of aryl methyl sites for hydroxylation is 2. The van der Waals surface area contributed by atoms with Crippen molar-refractivity contribution >= 4 is 21.6 Å². The summed E-state index contributed by atoms with van der Waals surface area (Å²) in [6.07, 6.45) is 0. The van der Waals surface area contributed by atoms with Crippen molar-refractivity contribution in [3.63, 3.8) is 0 Å². The van der Waals surface area contributed by atoms with Gasteiger partial charge in [0.2, 0.25) is 0 Å². The lowest BCUT2D eigenvalue weighted by Crippen LogP contribution is -1.78. The number of hydrogen-bond acceptors (Lipinski definition) is 2. The molecule has 0 amide bonds. The Kier molecular flexibility index (Phi) is 2.45. The van der Waals surface area contributed by atoms with Crippen molar-refractivity contribution in [1.29, 1.82) is 0 Å². The Morgan fingerprint density at radius 1 is 1.00 bits per heavy atom. The molecule has 0 aliphatic carbocycles. The van der Waals surface area contributed by atoms with E-state index in [2.05, 4.69) is 50.2 Å². The van der Waals surface area contributed by atoms with Gasteiger partial charge in [-0.2, -0.15) is 0 Å². The van der Waals surface area contributed by atoms with Gasteiger partial charge in [-0.3, -0.25) is 0 Å². The van der Waals surface area contributed by atoms with Crippen LogP contribution in [0, 0.1) is 13.8 Å². The number of rotatable bonds is 1. The van der Waals surface area contributed by atoms with Gasteiger partial charge in [-0.1, -0.05) is 36.4 Å². The van der Waals surface area contributed by atoms with Gasteiger partial charge in [0.1, 0.15) is 5.01 Å². The van der Waals surface area contributed by atoms with Crippen molar-refractivity contribution in [2.45, 2.75) is 13.8 Å². The molecule has 0 bridgehead atoms. The highest BCUT2D eigenvalue weighted by atomic mass is 32.1. The zero-order valence-electron chi connectivity index (χ0n) is 9.90. The van der Waals surface area contributed by atoms with E-state index < -0.39 is 0 Å². The number of thiazole rings is 1. The lowest BCUT2D eigenvalue weighted by Gasteiger charge is -1.95. The van der Waals surface area contributed by atoms with Crippen LogP contribution in [0.25, 0.3) is 20.8 Å². The molecule has 0 aliphatic rings. The molecule has 0 fully saturated rings. The molecule has 0 radical (unpaired) electrons. The molecule has 0 unspecified atom stereocenters. The number of nitrogens with zero attached hydrogens (tertiary/aromatic N) is 1. The number of hydrogen-bond donors (Lipinski definition) is 0. The molecule has 3 rings (SSSR count). The van der Waals surface area contributed by atoms with Crippen LogP contribution in [-0.2, 0) is 0 Å². The molecule has 0 saturated carbocycles. The molecular weight excluding hydrogens is 226 g/mol. The third-order valence-corrected chi connectivity index (χ3v) is 4.10. The molecule has 84 valence electrons. The summed E-state index contributed by atoms with van der Waals surface area (Å²) < 4.78 is 1.30. The van der Waals surface area contributed by atoms with Crippen molar-refractivity contribution in [1.82, 2.24) is 4.98 Å². The smallest absolute Gasteiger partial charge is 0.124 e. The lowest BCUT2D eigenvalue weighted by atomic mass is 10.1. The molecule has 1 heterocycles. The summed E-state index contributed by atoms with van der Waals surface area (Å²) in [7, 11) is 0. The van der Waals surface area contributed by atoms with Crippen LogP contribution in [-0.4, -0.2) is 4.98 Å². The van der Waals surface area contributed by atoms with Crippen LogP contribution in [0.15, 0.2) is 42.5 Å². The minimum Gasteiger partial charge on any atom is -0.236 e. The Morgan fingerprint density at radius 3 is 2.53 bits per heavy atom. The highest BCUT2D eigenvalue weighted by Gasteiger charge is 2.08. The Balaban J connectivity index is 2.24. The molecule has 1 nitrogen and oxygen atoms in total. The van der Waals surface area contributed by atoms with Crippen molar-refractivity contribution in [2.24, 2.45) is 0 Å². The summed E-state index contributed by atoms with van der Waals surface area (Å²) in [5, 5.41) is 1.11. The zero-order valence-corrected chi connectivity index (χ0v) is 10.7. The molecule has 0 N–H and O–H groups in total. The summed E-state index contributed by atoms with van der Waals surface area (Å²) in [5.74, 6) is 0. The largest absolute Gasteiger partial charge is 0.236 e. The van der Waals surface area contributed by atoms with E-state index in [0.29, 0.717) is 0 Å². The summed E-state index contributed by atoms with van der Waals surface area (Å²) in [6.45, 7) is 4.27. The molecule has 3 aromatic rings. The van der Waals surface area contributed by atoms with E-state index in [-0.39, 0.29) is 0 Å². The van der Waals surface area contributed by atoms with Crippen LogP contribution in [0.3, 0.4) is 0 Å². The average Bonchev–Trinajstić information content (AvgIpc) is 2.74. The van der Waals surface area contributed by atoms with E-state index in [1.807, 2.05) is 6.07 Å². The van der Waals surface area contributed by atoms with E-state index in [0.717, 1.165) is 10.5 Å². The average molecular weight is 239 g/mol. The topological polar surface area (TPSA) is 12.9 Å². The Hall–Kier alpha value is -1.67. The molecule has 1 aromatic heterocycles.